The van der Waals surface area contributed by atoms with Gasteiger partial charge in [-0.3, -0.25) is 0 Å². The topological polar surface area (TPSA) is 44.8 Å². The molecule has 0 aliphatic heterocycles. The smallest absolute Gasteiger partial charge is 0.354 e. The molecule has 148 valence electrons. The fourth-order valence-corrected chi connectivity index (χ4v) is 3.30. The minimum atomic E-state index is -0.471. The summed E-state index contributed by atoms with van der Waals surface area (Å²) in [5, 5.41) is 0. The molecule has 0 saturated heterocycles. The summed E-state index contributed by atoms with van der Waals surface area (Å²) in [6.45, 7) is 11.6. The lowest BCUT2D eigenvalue weighted by atomic mass is 10.0. The lowest BCUT2D eigenvalue weighted by Gasteiger charge is -2.10. The van der Waals surface area contributed by atoms with E-state index < -0.39 is 11.8 Å². The standard InChI is InChI=1S/C23H21FN2O3/c1-5-18-21(25-3)20(22(26(18)4)23(27)28-6-2)15-11-13-16(14-12-15)29-19-10-8-7-9-17(19)24/h7-14H,5-6H2,1-2,4H3. The first-order chi connectivity index (χ1) is 14.0. The third-order valence-corrected chi connectivity index (χ3v) is 4.61. The van der Waals surface area contributed by atoms with E-state index in [1.165, 1.54) is 6.07 Å². The van der Waals surface area contributed by atoms with Gasteiger partial charge in [-0.05, 0) is 43.2 Å². The molecular weight excluding hydrogens is 371 g/mol. The zero-order valence-electron chi connectivity index (χ0n) is 16.5. The summed E-state index contributed by atoms with van der Waals surface area (Å²) in [6.07, 6.45) is 0.606. The highest BCUT2D eigenvalue weighted by molar-refractivity contribution is 6.01. The van der Waals surface area contributed by atoms with Crippen molar-refractivity contribution in [1.82, 2.24) is 4.57 Å². The molecule has 29 heavy (non-hydrogen) atoms. The van der Waals surface area contributed by atoms with Crippen LogP contribution < -0.4 is 4.74 Å². The Morgan fingerprint density at radius 3 is 2.41 bits per heavy atom. The van der Waals surface area contributed by atoms with Crippen LogP contribution in [0.4, 0.5) is 10.1 Å². The van der Waals surface area contributed by atoms with Gasteiger partial charge in [0.05, 0.1) is 13.2 Å². The molecule has 2 aromatic carbocycles. The number of benzene rings is 2. The molecule has 0 radical (unpaired) electrons. The molecule has 3 rings (SSSR count). The van der Waals surface area contributed by atoms with Crippen LogP contribution in [-0.4, -0.2) is 17.1 Å². The lowest BCUT2D eigenvalue weighted by molar-refractivity contribution is 0.0516. The minimum absolute atomic E-state index is 0.127. The lowest BCUT2D eigenvalue weighted by Crippen LogP contribution is -2.12. The highest BCUT2D eigenvalue weighted by atomic mass is 19.1. The van der Waals surface area contributed by atoms with E-state index in [1.807, 2.05) is 6.92 Å². The molecule has 0 aliphatic carbocycles. The Bertz CT molecular complexity index is 1080. The van der Waals surface area contributed by atoms with Crippen molar-refractivity contribution < 1.29 is 18.7 Å². The van der Waals surface area contributed by atoms with E-state index in [4.69, 9.17) is 16.0 Å². The second-order valence-electron chi connectivity index (χ2n) is 6.32. The SMILES string of the molecule is [C-]#[N+]c1c(-c2ccc(Oc3ccccc3F)cc2)c(C(=O)OCC)n(C)c1CC. The number of ether oxygens (including phenoxy) is 2. The van der Waals surface area contributed by atoms with Crippen LogP contribution in [-0.2, 0) is 18.2 Å². The molecular formula is C23H21FN2O3. The number of hydrogen-bond acceptors (Lipinski definition) is 3. The highest BCUT2D eigenvalue weighted by Gasteiger charge is 2.26. The third-order valence-electron chi connectivity index (χ3n) is 4.61. The summed E-state index contributed by atoms with van der Waals surface area (Å²) < 4.78 is 26.3. The fraction of sp³-hybridized carbons (Fsp3) is 0.217. The maximum Gasteiger partial charge on any atom is 0.354 e. The number of carbonyl (C=O) groups is 1. The molecule has 0 saturated carbocycles. The number of halogens is 1. The Hall–Kier alpha value is -3.59. The van der Waals surface area contributed by atoms with Crippen LogP contribution >= 0.6 is 0 Å². The summed E-state index contributed by atoms with van der Waals surface area (Å²) in [4.78, 5) is 16.3. The van der Waals surface area contributed by atoms with Crippen LogP contribution in [0.1, 0.15) is 30.0 Å². The second-order valence-corrected chi connectivity index (χ2v) is 6.32. The zero-order valence-corrected chi connectivity index (χ0v) is 16.5. The number of aromatic nitrogens is 1. The molecule has 5 nitrogen and oxygen atoms in total. The van der Waals surface area contributed by atoms with Gasteiger partial charge in [-0.15, -0.1) is 0 Å². The monoisotopic (exact) mass is 392 g/mol. The van der Waals surface area contributed by atoms with E-state index in [-0.39, 0.29) is 12.4 Å². The van der Waals surface area contributed by atoms with Crippen LogP contribution in [0.25, 0.3) is 16.0 Å². The Kier molecular flexibility index (Phi) is 5.99. The van der Waals surface area contributed by atoms with Crippen LogP contribution in [0.15, 0.2) is 48.5 Å². The van der Waals surface area contributed by atoms with E-state index in [2.05, 4.69) is 4.85 Å². The summed E-state index contributed by atoms with van der Waals surface area (Å²) in [7, 11) is 1.76. The Morgan fingerprint density at radius 2 is 1.83 bits per heavy atom. The summed E-state index contributed by atoms with van der Waals surface area (Å²) in [6, 6.07) is 13.0. The second kappa shape index (κ2) is 8.61. The van der Waals surface area contributed by atoms with E-state index in [1.54, 1.807) is 61.0 Å². The number of hydrogen-bond donors (Lipinski definition) is 0. The third kappa shape index (κ3) is 3.85. The molecule has 0 spiro atoms. The average Bonchev–Trinajstić information content (AvgIpc) is 3.02. The molecule has 0 bridgehead atoms. The normalized spacial score (nSPS) is 10.4. The van der Waals surface area contributed by atoms with Gasteiger partial charge in [0, 0.05) is 18.3 Å². The maximum atomic E-state index is 13.8. The van der Waals surface area contributed by atoms with E-state index in [0.717, 1.165) is 5.69 Å². The largest absolute Gasteiger partial charge is 0.461 e. The number of esters is 1. The van der Waals surface area contributed by atoms with Crippen molar-refractivity contribution in [2.75, 3.05) is 6.61 Å². The first kappa shape index (κ1) is 20.2. The Morgan fingerprint density at radius 1 is 1.14 bits per heavy atom. The van der Waals surface area contributed by atoms with Crippen LogP contribution in [0, 0.1) is 12.4 Å². The van der Waals surface area contributed by atoms with Gasteiger partial charge in [0.2, 0.25) is 5.69 Å². The fourth-order valence-electron chi connectivity index (χ4n) is 3.30. The van der Waals surface area contributed by atoms with Crippen molar-refractivity contribution in [3.05, 3.63) is 77.2 Å². The van der Waals surface area contributed by atoms with Crippen LogP contribution in [0.3, 0.4) is 0 Å². The van der Waals surface area contributed by atoms with Gasteiger partial charge in [0.15, 0.2) is 11.6 Å². The molecule has 3 aromatic rings. The number of para-hydroxylation sites is 1. The first-order valence-corrected chi connectivity index (χ1v) is 9.30. The van der Waals surface area contributed by atoms with Crippen molar-refractivity contribution in [2.24, 2.45) is 7.05 Å². The quantitative estimate of drug-likeness (QED) is 0.387. The van der Waals surface area contributed by atoms with Crippen molar-refractivity contribution in [1.29, 1.82) is 0 Å². The maximum absolute atomic E-state index is 13.8. The zero-order chi connectivity index (χ0) is 21.0. The van der Waals surface area contributed by atoms with Gasteiger partial charge in [-0.2, -0.15) is 0 Å². The van der Waals surface area contributed by atoms with E-state index >= 15 is 0 Å². The number of carbonyl (C=O) groups excluding carboxylic acids is 1. The number of nitrogens with zero attached hydrogens (tertiary/aromatic N) is 2. The van der Waals surface area contributed by atoms with Gasteiger partial charge in [0.25, 0.3) is 0 Å². The predicted molar refractivity (Wildman–Crippen MR) is 109 cm³/mol. The molecule has 0 atom stereocenters. The molecule has 0 aliphatic rings. The molecule has 1 aromatic heterocycles. The molecule has 0 amide bonds. The predicted octanol–water partition coefficient (Wildman–Crippen LogP) is 5.91. The Labute approximate surface area is 169 Å². The van der Waals surface area contributed by atoms with Crippen LogP contribution in [0.2, 0.25) is 0 Å². The van der Waals surface area contributed by atoms with Crippen LogP contribution in [0.5, 0.6) is 11.5 Å². The van der Waals surface area contributed by atoms with Gasteiger partial charge >= 0.3 is 5.97 Å². The van der Waals surface area contributed by atoms with Crippen molar-refractivity contribution in [3.63, 3.8) is 0 Å². The Balaban J connectivity index is 2.05. The highest BCUT2D eigenvalue weighted by Crippen LogP contribution is 2.40. The summed E-state index contributed by atoms with van der Waals surface area (Å²) in [5.41, 5.74) is 2.77. The number of rotatable bonds is 6. The van der Waals surface area contributed by atoms with Gasteiger partial charge in [-0.1, -0.05) is 31.2 Å². The minimum Gasteiger partial charge on any atom is -0.461 e. The molecule has 0 fully saturated rings. The average molecular weight is 392 g/mol. The summed E-state index contributed by atoms with van der Waals surface area (Å²) >= 11 is 0. The molecule has 1 heterocycles. The first-order valence-electron chi connectivity index (χ1n) is 9.30. The molecule has 6 heteroatoms. The van der Waals surface area contributed by atoms with Gasteiger partial charge in [-0.25, -0.2) is 14.0 Å². The van der Waals surface area contributed by atoms with Crippen molar-refractivity contribution in [3.8, 4) is 22.6 Å². The van der Waals surface area contributed by atoms with E-state index in [0.29, 0.717) is 34.7 Å². The van der Waals surface area contributed by atoms with E-state index in [9.17, 15) is 9.18 Å². The molecule has 0 N–H and O–H groups in total. The summed E-state index contributed by atoms with van der Waals surface area (Å²) in [5.74, 6) is -0.344. The van der Waals surface area contributed by atoms with Crippen molar-refractivity contribution >= 4 is 11.7 Å². The van der Waals surface area contributed by atoms with Crippen molar-refractivity contribution in [2.45, 2.75) is 20.3 Å². The molecule has 0 unspecified atom stereocenters. The van der Waals surface area contributed by atoms with Gasteiger partial charge in [0.1, 0.15) is 11.4 Å². The van der Waals surface area contributed by atoms with Gasteiger partial charge < -0.3 is 14.0 Å².